The number of carbonyl (C=O) groups is 1. The fraction of sp³-hybridized carbons (Fsp3) is 0.250. The zero-order valence-corrected chi connectivity index (χ0v) is 17.6. The third kappa shape index (κ3) is 3.60. The molecule has 32 heavy (non-hydrogen) atoms. The van der Waals surface area contributed by atoms with Gasteiger partial charge in [-0.2, -0.15) is 5.10 Å². The number of H-pyrrole nitrogens is 1. The van der Waals surface area contributed by atoms with E-state index in [1.54, 1.807) is 29.4 Å². The summed E-state index contributed by atoms with van der Waals surface area (Å²) in [6.45, 7) is 1.93. The van der Waals surface area contributed by atoms with Gasteiger partial charge in [0.2, 0.25) is 5.91 Å². The molecule has 164 valence electrons. The third-order valence-electron chi connectivity index (χ3n) is 5.45. The van der Waals surface area contributed by atoms with E-state index in [1.807, 2.05) is 4.90 Å². The second-order valence-corrected chi connectivity index (χ2v) is 7.80. The highest BCUT2D eigenvalue weighted by Crippen LogP contribution is 2.28. The first-order chi connectivity index (χ1) is 15.5. The lowest BCUT2D eigenvalue weighted by Gasteiger charge is -2.36. The molecule has 3 N–H and O–H groups in total. The van der Waals surface area contributed by atoms with Crippen LogP contribution in [0.15, 0.2) is 36.9 Å². The van der Waals surface area contributed by atoms with Gasteiger partial charge >= 0.3 is 0 Å². The number of imidazole rings is 1. The molecule has 0 spiro atoms. The van der Waals surface area contributed by atoms with Crippen LogP contribution in [0.25, 0.3) is 22.6 Å². The minimum absolute atomic E-state index is 0.0109. The van der Waals surface area contributed by atoms with Crippen molar-refractivity contribution in [1.29, 1.82) is 0 Å². The molecule has 0 unspecified atom stereocenters. The first-order valence-electron chi connectivity index (χ1n) is 9.96. The van der Waals surface area contributed by atoms with Crippen LogP contribution >= 0.6 is 11.6 Å². The number of nitrogens with one attached hydrogen (secondary N) is 1. The van der Waals surface area contributed by atoms with Gasteiger partial charge in [-0.25, -0.2) is 24.0 Å². The van der Waals surface area contributed by atoms with Gasteiger partial charge < -0.3 is 20.5 Å². The Morgan fingerprint density at radius 2 is 2.00 bits per heavy atom. The summed E-state index contributed by atoms with van der Waals surface area (Å²) >= 11 is 5.84. The fourth-order valence-corrected chi connectivity index (χ4v) is 4.02. The molecule has 4 aromatic rings. The minimum atomic E-state index is -0.372. The van der Waals surface area contributed by atoms with Crippen LogP contribution in [-0.4, -0.2) is 66.7 Å². The maximum Gasteiger partial charge on any atom is 0.244 e. The summed E-state index contributed by atoms with van der Waals surface area (Å²) in [5.41, 5.74) is 7.48. The van der Waals surface area contributed by atoms with Gasteiger partial charge in [-0.1, -0.05) is 11.6 Å². The molecule has 0 saturated carbocycles. The van der Waals surface area contributed by atoms with Crippen molar-refractivity contribution in [3.63, 3.8) is 0 Å². The molecule has 0 aliphatic carbocycles. The summed E-state index contributed by atoms with van der Waals surface area (Å²) in [7, 11) is 0. The number of aromatic nitrogens is 6. The minimum Gasteiger partial charge on any atom is -0.383 e. The van der Waals surface area contributed by atoms with Gasteiger partial charge in [-0.3, -0.25) is 4.79 Å². The molecule has 1 saturated heterocycles. The summed E-state index contributed by atoms with van der Waals surface area (Å²) in [4.78, 5) is 32.2. The van der Waals surface area contributed by atoms with Gasteiger partial charge in [0.1, 0.15) is 30.2 Å². The summed E-state index contributed by atoms with van der Waals surface area (Å²) in [6.07, 6.45) is 4.62. The van der Waals surface area contributed by atoms with E-state index in [0.29, 0.717) is 59.4 Å². The molecule has 0 bridgehead atoms. The number of aromatic amines is 1. The maximum atomic E-state index is 14.2. The van der Waals surface area contributed by atoms with Crippen LogP contribution in [-0.2, 0) is 11.3 Å². The quantitative estimate of drug-likeness (QED) is 0.482. The van der Waals surface area contributed by atoms with Crippen molar-refractivity contribution >= 4 is 40.0 Å². The molecule has 4 heterocycles. The Hall–Kier alpha value is -3.73. The topological polar surface area (TPSA) is 122 Å². The summed E-state index contributed by atoms with van der Waals surface area (Å²) in [5, 5.41) is 5.42. The number of fused-ring (bicyclic) bond motifs is 1. The highest BCUT2D eigenvalue weighted by atomic mass is 35.5. The lowest BCUT2D eigenvalue weighted by Crippen LogP contribution is -2.49. The first kappa shape index (κ1) is 20.2. The lowest BCUT2D eigenvalue weighted by atomic mass is 10.2. The van der Waals surface area contributed by atoms with Crippen molar-refractivity contribution in [2.24, 2.45) is 0 Å². The van der Waals surface area contributed by atoms with Crippen LogP contribution in [0.1, 0.15) is 0 Å². The number of nitrogen functional groups attached to an aromatic ring is 1. The Bertz CT molecular complexity index is 1280. The van der Waals surface area contributed by atoms with E-state index in [9.17, 15) is 9.18 Å². The van der Waals surface area contributed by atoms with Crippen molar-refractivity contribution in [3.05, 3.63) is 47.8 Å². The molecule has 3 aromatic heterocycles. The number of hydrogen-bond donors (Lipinski definition) is 2. The Labute approximate surface area is 186 Å². The third-order valence-corrected chi connectivity index (χ3v) is 5.68. The number of anilines is 2. The molecule has 12 heteroatoms. The van der Waals surface area contributed by atoms with E-state index >= 15 is 0 Å². The average Bonchev–Trinajstić information content (AvgIpc) is 3.43. The van der Waals surface area contributed by atoms with E-state index in [-0.39, 0.29) is 24.1 Å². The Balaban J connectivity index is 1.33. The van der Waals surface area contributed by atoms with Crippen LogP contribution in [0.5, 0.6) is 0 Å². The zero-order valence-electron chi connectivity index (χ0n) is 16.9. The van der Waals surface area contributed by atoms with Crippen LogP contribution in [0, 0.1) is 5.82 Å². The number of hydrogen-bond acceptors (Lipinski definition) is 7. The number of piperazine rings is 1. The van der Waals surface area contributed by atoms with Gasteiger partial charge in [-0.15, -0.1) is 0 Å². The standard InChI is InChI=1S/C20H19ClFN9O/c21-12-1-2-14(13(22)9-12)29-5-7-30(8-6-29)15(32)10-31-20-16(18(23)26-11-27-20)17(28-31)19-24-3-4-25-19/h1-4,9,11H,5-8,10H2,(H,24,25)(H2,23,26,27). The molecule has 0 radical (unpaired) electrons. The molecule has 0 atom stereocenters. The fourth-order valence-electron chi connectivity index (χ4n) is 3.86. The molecule has 1 aliphatic rings. The lowest BCUT2D eigenvalue weighted by molar-refractivity contribution is -0.132. The van der Waals surface area contributed by atoms with E-state index in [0.717, 1.165) is 0 Å². The van der Waals surface area contributed by atoms with E-state index in [1.165, 1.54) is 17.1 Å². The molecular formula is C20H19ClFN9O. The average molecular weight is 456 g/mol. The number of nitrogens with two attached hydrogens (primary N) is 1. The molecule has 1 aromatic carbocycles. The summed E-state index contributed by atoms with van der Waals surface area (Å²) in [5.74, 6) is 0.289. The van der Waals surface area contributed by atoms with Crippen molar-refractivity contribution in [1.82, 2.24) is 34.6 Å². The van der Waals surface area contributed by atoms with E-state index in [2.05, 4.69) is 25.0 Å². The number of benzene rings is 1. The number of nitrogens with zero attached hydrogens (tertiary/aromatic N) is 7. The Morgan fingerprint density at radius 3 is 2.72 bits per heavy atom. The molecule has 1 aliphatic heterocycles. The zero-order chi connectivity index (χ0) is 22.2. The van der Waals surface area contributed by atoms with Gasteiger partial charge in [0.15, 0.2) is 11.5 Å². The monoisotopic (exact) mass is 455 g/mol. The highest BCUT2D eigenvalue weighted by molar-refractivity contribution is 6.30. The second kappa shape index (κ2) is 8.08. The molecule has 1 amide bonds. The summed E-state index contributed by atoms with van der Waals surface area (Å²) < 4.78 is 15.7. The Kier molecular flexibility index (Phi) is 5.10. The van der Waals surface area contributed by atoms with Crippen molar-refractivity contribution < 1.29 is 9.18 Å². The predicted molar refractivity (Wildman–Crippen MR) is 118 cm³/mol. The van der Waals surface area contributed by atoms with Crippen molar-refractivity contribution in [2.75, 3.05) is 36.8 Å². The van der Waals surface area contributed by atoms with Gasteiger partial charge in [-0.05, 0) is 18.2 Å². The number of halogens is 2. The normalized spacial score (nSPS) is 14.3. The number of rotatable bonds is 4. The molecule has 10 nitrogen and oxygen atoms in total. The Morgan fingerprint density at radius 1 is 1.19 bits per heavy atom. The molecule has 1 fully saturated rings. The first-order valence-corrected chi connectivity index (χ1v) is 10.3. The molecule has 5 rings (SSSR count). The van der Waals surface area contributed by atoms with E-state index < -0.39 is 0 Å². The summed E-state index contributed by atoms with van der Waals surface area (Å²) in [6, 6.07) is 4.61. The SMILES string of the molecule is Nc1ncnc2c1c(-c1ncc[nH]1)nn2CC(=O)N1CCN(c2ccc(Cl)cc2F)CC1. The van der Waals surface area contributed by atoms with E-state index in [4.69, 9.17) is 17.3 Å². The van der Waals surface area contributed by atoms with Crippen LogP contribution in [0.4, 0.5) is 15.9 Å². The van der Waals surface area contributed by atoms with Crippen molar-refractivity contribution in [3.8, 4) is 11.5 Å². The highest BCUT2D eigenvalue weighted by Gasteiger charge is 2.25. The smallest absolute Gasteiger partial charge is 0.244 e. The van der Waals surface area contributed by atoms with Crippen molar-refractivity contribution in [2.45, 2.75) is 6.54 Å². The predicted octanol–water partition coefficient (Wildman–Crippen LogP) is 1.94. The largest absolute Gasteiger partial charge is 0.383 e. The number of amides is 1. The van der Waals surface area contributed by atoms with Crippen LogP contribution in [0.2, 0.25) is 5.02 Å². The maximum absolute atomic E-state index is 14.2. The van der Waals surface area contributed by atoms with Crippen LogP contribution in [0.3, 0.4) is 0 Å². The van der Waals surface area contributed by atoms with Gasteiger partial charge in [0, 0.05) is 43.6 Å². The molecular weight excluding hydrogens is 437 g/mol. The van der Waals surface area contributed by atoms with Crippen LogP contribution < -0.4 is 10.6 Å². The number of carbonyl (C=O) groups excluding carboxylic acids is 1. The second-order valence-electron chi connectivity index (χ2n) is 7.37. The van der Waals surface area contributed by atoms with Gasteiger partial charge in [0.25, 0.3) is 0 Å². The van der Waals surface area contributed by atoms with Gasteiger partial charge in [0.05, 0.1) is 11.1 Å².